The highest BCUT2D eigenvalue weighted by Gasteiger charge is 2.20. The van der Waals surface area contributed by atoms with Gasteiger partial charge in [-0.3, -0.25) is 0 Å². The molecule has 0 aromatic heterocycles. The minimum atomic E-state index is 0.914. The van der Waals surface area contributed by atoms with Gasteiger partial charge in [0.1, 0.15) is 0 Å². The standard InChI is InChI=1S/C34H35N/c1-5-9-32(7-3)35(33(8-4)10-6-2)34-22-30(28-17-13-24-11-15-26(24)19-28)21-31(23-34)29-18-14-25-12-16-27(25)20-29/h5-6,9-10,13-14,17-23H,1-2,7-8,11-12,15-16H2,3-4H3/b32-9+,33-10+. The molecule has 0 bridgehead atoms. The summed E-state index contributed by atoms with van der Waals surface area (Å²) in [6, 6.07) is 21.1. The van der Waals surface area contributed by atoms with Crippen molar-refractivity contribution < 1.29 is 0 Å². The van der Waals surface area contributed by atoms with E-state index in [1.165, 1.54) is 87.3 Å². The van der Waals surface area contributed by atoms with Crippen molar-refractivity contribution in [2.45, 2.75) is 52.4 Å². The van der Waals surface area contributed by atoms with Crippen LogP contribution in [0.4, 0.5) is 5.69 Å². The summed E-state index contributed by atoms with van der Waals surface area (Å²) in [5.74, 6) is 0. The van der Waals surface area contributed by atoms with E-state index in [4.69, 9.17) is 0 Å². The fraction of sp³-hybridized carbons (Fsp3) is 0.235. The molecule has 0 fully saturated rings. The Bertz CT molecular complexity index is 1250. The van der Waals surface area contributed by atoms with Crippen LogP contribution in [0.25, 0.3) is 22.3 Å². The Morgan fingerprint density at radius 1 is 0.629 bits per heavy atom. The number of nitrogens with zero attached hydrogens (tertiary/aromatic N) is 1. The maximum atomic E-state index is 3.99. The summed E-state index contributed by atoms with van der Waals surface area (Å²) in [5.41, 5.74) is 14.8. The van der Waals surface area contributed by atoms with E-state index in [9.17, 15) is 0 Å². The second-order valence-corrected chi connectivity index (χ2v) is 9.57. The lowest BCUT2D eigenvalue weighted by atomic mass is 9.84. The Balaban J connectivity index is 1.72. The minimum absolute atomic E-state index is 0.914. The number of fused-ring (bicyclic) bond motifs is 2. The van der Waals surface area contributed by atoms with E-state index >= 15 is 0 Å². The molecular weight excluding hydrogens is 422 g/mol. The third-order valence-electron chi connectivity index (χ3n) is 7.50. The fourth-order valence-electron chi connectivity index (χ4n) is 5.31. The zero-order valence-corrected chi connectivity index (χ0v) is 21.1. The van der Waals surface area contributed by atoms with E-state index in [1.807, 2.05) is 12.2 Å². The highest BCUT2D eigenvalue weighted by molar-refractivity contribution is 5.81. The van der Waals surface area contributed by atoms with Crippen LogP contribution in [0.3, 0.4) is 0 Å². The third-order valence-corrected chi connectivity index (χ3v) is 7.50. The Labute approximate surface area is 210 Å². The zero-order valence-electron chi connectivity index (χ0n) is 21.1. The van der Waals surface area contributed by atoms with Crippen LogP contribution in [-0.4, -0.2) is 0 Å². The molecule has 0 saturated heterocycles. The monoisotopic (exact) mass is 457 g/mol. The summed E-state index contributed by atoms with van der Waals surface area (Å²) in [5, 5.41) is 0. The van der Waals surface area contributed by atoms with Gasteiger partial charge in [0.05, 0.1) is 0 Å². The predicted octanol–water partition coefficient (Wildman–Crippen LogP) is 8.98. The lowest BCUT2D eigenvalue weighted by Crippen LogP contribution is -2.21. The van der Waals surface area contributed by atoms with Crippen LogP contribution in [-0.2, 0) is 25.7 Å². The van der Waals surface area contributed by atoms with Gasteiger partial charge in [-0.15, -0.1) is 0 Å². The fourth-order valence-corrected chi connectivity index (χ4v) is 5.31. The number of hydrogen-bond acceptors (Lipinski definition) is 1. The first-order chi connectivity index (χ1) is 17.1. The average Bonchev–Trinajstić information content (AvgIpc) is 2.84. The van der Waals surface area contributed by atoms with Crippen molar-refractivity contribution in [3.8, 4) is 22.3 Å². The van der Waals surface area contributed by atoms with E-state index in [2.05, 4.69) is 98.7 Å². The van der Waals surface area contributed by atoms with E-state index in [0.717, 1.165) is 12.8 Å². The second kappa shape index (κ2) is 9.96. The highest BCUT2D eigenvalue weighted by atomic mass is 15.2. The number of aryl methyl sites for hydroxylation is 4. The minimum Gasteiger partial charge on any atom is -0.318 e. The molecule has 5 rings (SSSR count). The molecule has 3 aromatic carbocycles. The molecular formula is C34H35N. The van der Waals surface area contributed by atoms with Crippen LogP contribution in [0.1, 0.15) is 48.9 Å². The molecule has 176 valence electrons. The Morgan fingerprint density at radius 2 is 1.09 bits per heavy atom. The third kappa shape index (κ3) is 4.44. The van der Waals surface area contributed by atoms with E-state index < -0.39 is 0 Å². The van der Waals surface area contributed by atoms with Crippen molar-refractivity contribution in [3.63, 3.8) is 0 Å². The molecule has 0 amide bonds. The molecule has 0 N–H and O–H groups in total. The number of hydrogen-bond donors (Lipinski definition) is 0. The number of allylic oxidation sites excluding steroid dienone is 6. The Kier molecular flexibility index (Phi) is 6.59. The maximum absolute atomic E-state index is 3.99. The van der Waals surface area contributed by atoms with Crippen molar-refractivity contribution in [2.24, 2.45) is 0 Å². The van der Waals surface area contributed by atoms with Crippen LogP contribution in [0.15, 0.2) is 103 Å². The highest BCUT2D eigenvalue weighted by Crippen LogP contribution is 2.39. The second-order valence-electron chi connectivity index (χ2n) is 9.57. The maximum Gasteiger partial charge on any atom is 0.0467 e. The van der Waals surface area contributed by atoms with E-state index in [-0.39, 0.29) is 0 Å². The Morgan fingerprint density at radius 3 is 1.43 bits per heavy atom. The van der Waals surface area contributed by atoms with Gasteiger partial charge < -0.3 is 4.90 Å². The van der Waals surface area contributed by atoms with Gasteiger partial charge in [-0.25, -0.2) is 0 Å². The van der Waals surface area contributed by atoms with Crippen LogP contribution in [0.2, 0.25) is 0 Å². The summed E-state index contributed by atoms with van der Waals surface area (Å²) in [6.07, 6.45) is 14.7. The first-order valence-corrected chi connectivity index (χ1v) is 13.0. The van der Waals surface area contributed by atoms with Crippen LogP contribution < -0.4 is 4.90 Å². The first kappa shape index (κ1) is 23.2. The average molecular weight is 458 g/mol. The largest absolute Gasteiger partial charge is 0.318 e. The van der Waals surface area contributed by atoms with Crippen LogP contribution >= 0.6 is 0 Å². The topological polar surface area (TPSA) is 3.24 Å². The smallest absolute Gasteiger partial charge is 0.0467 e. The normalized spacial score (nSPS) is 14.3. The first-order valence-electron chi connectivity index (χ1n) is 13.0. The van der Waals surface area contributed by atoms with Gasteiger partial charge in [0.25, 0.3) is 0 Å². The van der Waals surface area contributed by atoms with Crippen molar-refractivity contribution in [3.05, 3.63) is 126 Å². The summed E-state index contributed by atoms with van der Waals surface area (Å²) in [6.45, 7) is 12.4. The molecule has 0 aliphatic heterocycles. The van der Waals surface area contributed by atoms with Crippen LogP contribution in [0.5, 0.6) is 0 Å². The van der Waals surface area contributed by atoms with Gasteiger partial charge in [0.2, 0.25) is 0 Å². The quantitative estimate of drug-likeness (QED) is 0.290. The number of benzene rings is 3. The lowest BCUT2D eigenvalue weighted by molar-refractivity contribution is 0.840. The van der Waals surface area contributed by atoms with Gasteiger partial charge in [-0.1, -0.05) is 75.6 Å². The molecule has 0 saturated carbocycles. The summed E-state index contributed by atoms with van der Waals surface area (Å²) in [4.78, 5) is 2.40. The summed E-state index contributed by atoms with van der Waals surface area (Å²) < 4.78 is 0. The van der Waals surface area contributed by atoms with Crippen molar-refractivity contribution >= 4 is 5.69 Å². The lowest BCUT2D eigenvalue weighted by Gasteiger charge is -2.30. The Hall–Kier alpha value is -3.58. The van der Waals surface area contributed by atoms with Crippen molar-refractivity contribution in [1.82, 2.24) is 0 Å². The van der Waals surface area contributed by atoms with E-state index in [0.29, 0.717) is 0 Å². The predicted molar refractivity (Wildman–Crippen MR) is 152 cm³/mol. The van der Waals surface area contributed by atoms with Gasteiger partial charge in [0.15, 0.2) is 0 Å². The number of anilines is 1. The molecule has 3 aromatic rings. The SMILES string of the molecule is C=C/C=C(\CC)N(/C(=C/C=C)CC)c1cc(-c2ccc3c(c2)CC3)cc(-c2ccc3c(c2)CC3)c1. The molecule has 0 heterocycles. The molecule has 1 nitrogen and oxygen atoms in total. The summed E-state index contributed by atoms with van der Waals surface area (Å²) >= 11 is 0. The van der Waals surface area contributed by atoms with Gasteiger partial charge >= 0.3 is 0 Å². The zero-order chi connectivity index (χ0) is 24.4. The summed E-state index contributed by atoms with van der Waals surface area (Å²) in [7, 11) is 0. The molecule has 0 radical (unpaired) electrons. The molecule has 0 atom stereocenters. The van der Waals surface area contributed by atoms with Crippen molar-refractivity contribution in [2.75, 3.05) is 4.90 Å². The molecule has 35 heavy (non-hydrogen) atoms. The molecule has 0 unspecified atom stereocenters. The molecule has 2 aliphatic carbocycles. The van der Waals surface area contributed by atoms with E-state index in [1.54, 1.807) is 0 Å². The van der Waals surface area contributed by atoms with Gasteiger partial charge in [-0.05, 0) is 113 Å². The number of rotatable bonds is 9. The van der Waals surface area contributed by atoms with Gasteiger partial charge in [-0.2, -0.15) is 0 Å². The molecule has 1 heteroatoms. The van der Waals surface area contributed by atoms with Gasteiger partial charge in [0, 0.05) is 17.1 Å². The molecule has 0 spiro atoms. The molecule has 2 aliphatic rings. The van der Waals surface area contributed by atoms with Crippen LogP contribution in [0, 0.1) is 0 Å². The van der Waals surface area contributed by atoms with Crippen molar-refractivity contribution in [1.29, 1.82) is 0 Å².